The number of pyridine rings is 1. The van der Waals surface area contributed by atoms with Gasteiger partial charge in [-0.25, -0.2) is 18.0 Å². The molecule has 0 aliphatic carbocycles. The molecule has 188 valence electrons. The lowest BCUT2D eigenvalue weighted by molar-refractivity contribution is -0.192. The van der Waals surface area contributed by atoms with Crippen LogP contribution in [-0.2, 0) is 17.9 Å². The molecule has 0 saturated carbocycles. The van der Waals surface area contributed by atoms with Crippen LogP contribution in [0.3, 0.4) is 0 Å². The Bertz CT molecular complexity index is 1270. The fourth-order valence-corrected chi connectivity index (χ4v) is 3.25. The number of aryl methyl sites for hydroxylation is 1. The topological polar surface area (TPSA) is 94.5 Å². The second kappa shape index (κ2) is 11.4. The Morgan fingerprint density at radius 2 is 1.66 bits per heavy atom. The van der Waals surface area contributed by atoms with Crippen LogP contribution >= 0.6 is 15.9 Å². The first kappa shape index (κ1) is 27.9. The van der Waals surface area contributed by atoms with Crippen molar-refractivity contribution >= 4 is 21.9 Å². The highest BCUT2D eigenvalue weighted by Gasteiger charge is 2.38. The van der Waals surface area contributed by atoms with E-state index < -0.39 is 40.8 Å². The Kier molecular flexibility index (Phi) is 9.10. The molecule has 0 aliphatic heterocycles. The molecule has 0 spiro atoms. The summed E-state index contributed by atoms with van der Waals surface area (Å²) in [4.78, 5) is 21.6. The largest absolute Gasteiger partial charge is 0.490 e. The van der Waals surface area contributed by atoms with E-state index in [2.05, 4.69) is 15.9 Å². The number of benzene rings is 2. The smallest absolute Gasteiger partial charge is 0.487 e. The Hall–Kier alpha value is -3.32. The van der Waals surface area contributed by atoms with Crippen molar-refractivity contribution in [3.8, 4) is 11.4 Å². The average molecular weight is 567 g/mol. The van der Waals surface area contributed by atoms with Crippen molar-refractivity contribution in [2.45, 2.75) is 26.3 Å². The van der Waals surface area contributed by atoms with Gasteiger partial charge in [0.1, 0.15) is 40.0 Å². The number of para-hydroxylation sites is 1. The Morgan fingerprint density at radius 1 is 1.09 bits per heavy atom. The summed E-state index contributed by atoms with van der Waals surface area (Å²) in [5, 5.41) is 7.12. The molecule has 0 radical (unpaired) electrons. The molecule has 1 heterocycles. The minimum absolute atomic E-state index is 0.0113. The normalized spacial score (nSPS) is 11.0. The van der Waals surface area contributed by atoms with Crippen LogP contribution < -0.4 is 16.0 Å². The van der Waals surface area contributed by atoms with Gasteiger partial charge in [0.2, 0.25) is 0 Å². The molecule has 0 bridgehead atoms. The standard InChI is InChI=1S/C20H16BrF3N2O2.C2HF3O2/c1-11-7-17(28-10-12-5-6-14(22)8-13(12)9-25)18(21)20(27)26(11)19-15(23)3-2-4-16(19)24;3-2(4,5)1(6)7/h2-8H,9-10,25H2,1H3;(H,6,7). The van der Waals surface area contributed by atoms with Gasteiger partial charge in [-0.3, -0.25) is 9.36 Å². The van der Waals surface area contributed by atoms with Gasteiger partial charge in [-0.1, -0.05) is 12.1 Å². The maximum absolute atomic E-state index is 14.1. The maximum atomic E-state index is 14.1. The van der Waals surface area contributed by atoms with Gasteiger partial charge in [0.15, 0.2) is 0 Å². The van der Waals surface area contributed by atoms with E-state index in [0.29, 0.717) is 11.1 Å². The van der Waals surface area contributed by atoms with Crippen LogP contribution in [0.4, 0.5) is 26.3 Å². The second-order valence-corrected chi connectivity index (χ2v) is 7.68. The van der Waals surface area contributed by atoms with E-state index in [1.54, 1.807) is 6.07 Å². The summed E-state index contributed by atoms with van der Waals surface area (Å²) in [6.45, 7) is 1.71. The predicted molar refractivity (Wildman–Crippen MR) is 117 cm³/mol. The SMILES string of the molecule is Cc1cc(OCc2ccc(F)cc2CN)c(Br)c(=O)n1-c1c(F)cccc1F.O=C(O)C(F)(F)F. The molecule has 0 amide bonds. The molecule has 0 atom stereocenters. The van der Waals surface area contributed by atoms with E-state index in [1.165, 1.54) is 31.2 Å². The summed E-state index contributed by atoms with van der Waals surface area (Å²) in [7, 11) is 0. The predicted octanol–water partition coefficient (Wildman–Crippen LogP) is 5.00. The van der Waals surface area contributed by atoms with Crippen LogP contribution in [0.15, 0.2) is 51.7 Å². The summed E-state index contributed by atoms with van der Waals surface area (Å²) in [5.74, 6) is -4.68. The first-order chi connectivity index (χ1) is 16.3. The van der Waals surface area contributed by atoms with Gasteiger partial charge in [0.25, 0.3) is 5.56 Å². The lowest BCUT2D eigenvalue weighted by Gasteiger charge is -2.16. The van der Waals surface area contributed by atoms with E-state index in [4.69, 9.17) is 20.4 Å². The number of aliphatic carboxylic acids is 1. The molecule has 3 rings (SSSR count). The molecule has 6 nitrogen and oxygen atoms in total. The van der Waals surface area contributed by atoms with Gasteiger partial charge < -0.3 is 15.6 Å². The molecule has 0 aliphatic rings. The van der Waals surface area contributed by atoms with Crippen LogP contribution in [0.5, 0.6) is 5.75 Å². The van der Waals surface area contributed by atoms with Crippen molar-refractivity contribution in [1.29, 1.82) is 0 Å². The zero-order valence-electron chi connectivity index (χ0n) is 17.8. The number of nitrogens with two attached hydrogens (primary N) is 1. The van der Waals surface area contributed by atoms with Gasteiger partial charge in [-0.2, -0.15) is 13.2 Å². The van der Waals surface area contributed by atoms with Crippen LogP contribution in [0, 0.1) is 24.4 Å². The summed E-state index contributed by atoms with van der Waals surface area (Å²) >= 11 is 3.14. The van der Waals surface area contributed by atoms with Crippen molar-refractivity contribution < 1.29 is 41.0 Å². The highest BCUT2D eigenvalue weighted by Crippen LogP contribution is 2.27. The highest BCUT2D eigenvalue weighted by atomic mass is 79.9. The van der Waals surface area contributed by atoms with Crippen molar-refractivity contribution in [1.82, 2.24) is 4.57 Å². The molecule has 35 heavy (non-hydrogen) atoms. The third-order valence-electron chi connectivity index (χ3n) is 4.47. The number of ether oxygens (including phenoxy) is 1. The second-order valence-electron chi connectivity index (χ2n) is 6.88. The fourth-order valence-electron chi connectivity index (χ4n) is 2.85. The van der Waals surface area contributed by atoms with E-state index >= 15 is 0 Å². The number of nitrogens with zero attached hydrogens (tertiary/aromatic N) is 1. The zero-order valence-corrected chi connectivity index (χ0v) is 19.4. The molecule has 0 saturated heterocycles. The Balaban J connectivity index is 0.000000540. The number of carbonyl (C=O) groups is 1. The van der Waals surface area contributed by atoms with Crippen LogP contribution in [-0.4, -0.2) is 21.8 Å². The van der Waals surface area contributed by atoms with Crippen LogP contribution in [0.1, 0.15) is 16.8 Å². The number of carboxylic acid groups (broad SMARTS) is 1. The molecule has 13 heteroatoms. The van der Waals surface area contributed by atoms with Crippen molar-refractivity contribution in [2.75, 3.05) is 0 Å². The van der Waals surface area contributed by atoms with E-state index in [1.807, 2.05) is 0 Å². The number of halogens is 7. The summed E-state index contributed by atoms with van der Waals surface area (Å²) in [6, 6.07) is 9.02. The van der Waals surface area contributed by atoms with E-state index in [-0.39, 0.29) is 29.1 Å². The Morgan fingerprint density at radius 3 is 2.17 bits per heavy atom. The molecule has 2 aromatic carbocycles. The maximum Gasteiger partial charge on any atom is 0.490 e. The minimum atomic E-state index is -5.08. The third kappa shape index (κ3) is 6.85. The summed E-state index contributed by atoms with van der Waals surface area (Å²) in [6.07, 6.45) is -5.08. The van der Waals surface area contributed by atoms with Gasteiger partial charge >= 0.3 is 12.1 Å². The summed E-state index contributed by atoms with van der Waals surface area (Å²) in [5.41, 5.74) is 6.02. The van der Waals surface area contributed by atoms with Crippen molar-refractivity contribution in [3.63, 3.8) is 0 Å². The number of alkyl halides is 3. The Labute approximate surface area is 202 Å². The lowest BCUT2D eigenvalue weighted by Crippen LogP contribution is -2.24. The molecule has 3 aromatic rings. The van der Waals surface area contributed by atoms with Gasteiger partial charge in [0.05, 0.1) is 0 Å². The minimum Gasteiger partial charge on any atom is -0.487 e. The summed E-state index contributed by atoms with van der Waals surface area (Å²) < 4.78 is 80.0. The monoisotopic (exact) mass is 566 g/mol. The number of rotatable bonds is 5. The number of carboxylic acids is 1. The van der Waals surface area contributed by atoms with Crippen molar-refractivity contribution in [2.24, 2.45) is 5.73 Å². The molecule has 3 N–H and O–H groups in total. The lowest BCUT2D eigenvalue weighted by atomic mass is 10.1. The number of hydrogen-bond acceptors (Lipinski definition) is 4. The first-order valence-electron chi connectivity index (χ1n) is 9.54. The number of hydrogen-bond donors (Lipinski definition) is 2. The molecule has 0 unspecified atom stereocenters. The van der Waals surface area contributed by atoms with E-state index in [0.717, 1.165) is 16.7 Å². The average Bonchev–Trinajstić information content (AvgIpc) is 2.77. The third-order valence-corrected chi connectivity index (χ3v) is 5.20. The van der Waals surface area contributed by atoms with Gasteiger partial charge in [-0.05, 0) is 58.2 Å². The zero-order chi connectivity index (χ0) is 26.5. The van der Waals surface area contributed by atoms with Crippen LogP contribution in [0.2, 0.25) is 0 Å². The van der Waals surface area contributed by atoms with Crippen LogP contribution in [0.25, 0.3) is 5.69 Å². The fraction of sp³-hybridized carbons (Fsp3) is 0.182. The van der Waals surface area contributed by atoms with Crippen molar-refractivity contribution in [3.05, 3.63) is 91.6 Å². The van der Waals surface area contributed by atoms with Gasteiger partial charge in [-0.15, -0.1) is 0 Å². The molecule has 1 aromatic heterocycles. The first-order valence-corrected chi connectivity index (χ1v) is 10.3. The molecular formula is C22H17BrF6N2O4. The van der Waals surface area contributed by atoms with Gasteiger partial charge in [0, 0.05) is 18.3 Å². The van der Waals surface area contributed by atoms with E-state index in [9.17, 15) is 31.1 Å². The number of aromatic nitrogens is 1. The molecule has 0 fully saturated rings. The quantitative estimate of drug-likeness (QED) is 0.424. The highest BCUT2D eigenvalue weighted by molar-refractivity contribution is 9.10. The molecular weight excluding hydrogens is 550 g/mol.